The predicted octanol–water partition coefficient (Wildman–Crippen LogP) is 5.04. The second kappa shape index (κ2) is 5.42. The lowest BCUT2D eigenvalue weighted by Gasteiger charge is -2.30. The van der Waals surface area contributed by atoms with Gasteiger partial charge in [-0.3, -0.25) is 4.57 Å². The van der Waals surface area contributed by atoms with Gasteiger partial charge in [-0.15, -0.1) is 13.2 Å². The van der Waals surface area contributed by atoms with Crippen molar-refractivity contribution in [2.24, 2.45) is 0 Å². The van der Waals surface area contributed by atoms with Crippen molar-refractivity contribution in [1.82, 2.24) is 4.57 Å². The molecule has 0 amide bonds. The molecule has 0 aliphatic heterocycles. The fourth-order valence-electron chi connectivity index (χ4n) is 2.92. The molecule has 24 heavy (non-hydrogen) atoms. The Hall–Kier alpha value is -1.67. The zero-order valence-corrected chi connectivity index (χ0v) is 12.6. The van der Waals surface area contributed by atoms with Crippen LogP contribution in [0, 0.1) is 5.82 Å². The third-order valence-corrected chi connectivity index (χ3v) is 4.18. The fraction of sp³-hybridized carbons (Fsp3) is 0.333. The smallest absolute Gasteiger partial charge is 0.381 e. The maximum Gasteiger partial charge on any atom is 0.488 e. The highest BCUT2D eigenvalue weighted by molar-refractivity contribution is 6.30. The maximum absolute atomic E-state index is 13.7. The molecule has 1 heterocycles. The van der Waals surface area contributed by atoms with Crippen LogP contribution in [-0.4, -0.2) is 15.6 Å². The van der Waals surface area contributed by atoms with Gasteiger partial charge in [-0.1, -0.05) is 11.6 Å². The van der Waals surface area contributed by atoms with E-state index in [0.29, 0.717) is 6.20 Å². The van der Waals surface area contributed by atoms with Gasteiger partial charge in [0, 0.05) is 23.2 Å². The lowest BCUT2D eigenvalue weighted by molar-refractivity contribution is -0.212. The molecule has 1 aliphatic rings. The van der Waals surface area contributed by atoms with Crippen molar-refractivity contribution in [3.05, 3.63) is 46.5 Å². The lowest BCUT2D eigenvalue weighted by atomic mass is 9.88. The molecule has 1 aromatic heterocycles. The zero-order chi connectivity index (χ0) is 17.9. The minimum Gasteiger partial charge on any atom is -0.381 e. The van der Waals surface area contributed by atoms with Crippen molar-refractivity contribution in [1.29, 1.82) is 0 Å². The summed E-state index contributed by atoms with van der Waals surface area (Å²) in [6.45, 7) is 0. The second-order valence-electron chi connectivity index (χ2n) is 5.57. The normalized spacial score (nSPS) is 20.1. The van der Waals surface area contributed by atoms with E-state index in [-0.39, 0.29) is 32.7 Å². The van der Waals surface area contributed by atoms with Gasteiger partial charge >= 0.3 is 6.30 Å². The van der Waals surface area contributed by atoms with Crippen molar-refractivity contribution in [2.45, 2.75) is 31.2 Å². The van der Waals surface area contributed by atoms with Crippen LogP contribution in [0.5, 0.6) is 0 Å². The summed E-state index contributed by atoms with van der Waals surface area (Å²) in [6.07, 6.45) is -8.21. The van der Waals surface area contributed by atoms with E-state index in [1.54, 1.807) is 0 Å². The number of nitrogens with zero attached hydrogens (tertiary/aromatic N) is 1. The van der Waals surface area contributed by atoms with Gasteiger partial charge in [0.1, 0.15) is 5.82 Å². The van der Waals surface area contributed by atoms with E-state index in [1.165, 1.54) is 6.07 Å². The number of hydrogen-bond donors (Lipinski definition) is 1. The van der Waals surface area contributed by atoms with Crippen LogP contribution in [0.15, 0.2) is 24.4 Å². The summed E-state index contributed by atoms with van der Waals surface area (Å²) < 4.78 is 80.1. The van der Waals surface area contributed by atoms with Crippen LogP contribution in [0.4, 0.5) is 26.3 Å². The quantitative estimate of drug-likeness (QED) is 0.700. The van der Waals surface area contributed by atoms with Crippen molar-refractivity contribution in [3.63, 3.8) is 0 Å². The Balaban J connectivity index is 2.27. The van der Waals surface area contributed by atoms with E-state index >= 15 is 0 Å². The summed E-state index contributed by atoms with van der Waals surface area (Å²) in [6, 6.07) is 3.17. The highest BCUT2D eigenvalue weighted by Crippen LogP contribution is 2.47. The minimum atomic E-state index is -5.01. The average Bonchev–Trinajstić information content (AvgIpc) is 2.82. The number of aliphatic hydroxyl groups excluding tert-OH is 1. The average molecular weight is 370 g/mol. The van der Waals surface area contributed by atoms with Gasteiger partial charge in [-0.25, -0.2) is 13.2 Å². The Kier molecular flexibility index (Phi) is 3.88. The molecular weight excluding hydrogens is 360 g/mol. The molecule has 1 atom stereocenters. The van der Waals surface area contributed by atoms with Crippen molar-refractivity contribution < 1.29 is 31.4 Å². The Morgan fingerprint density at radius 2 is 1.88 bits per heavy atom. The van der Waals surface area contributed by atoms with E-state index in [9.17, 15) is 31.4 Å². The monoisotopic (exact) mass is 369 g/mol. The van der Waals surface area contributed by atoms with Gasteiger partial charge in [0.15, 0.2) is 6.10 Å². The molecule has 130 valence electrons. The molecule has 1 unspecified atom stereocenters. The van der Waals surface area contributed by atoms with E-state index < -0.39 is 36.3 Å². The minimum absolute atomic E-state index is 0.0247. The van der Waals surface area contributed by atoms with Crippen LogP contribution in [-0.2, 0) is 12.7 Å². The van der Waals surface area contributed by atoms with Crippen LogP contribution in [0.25, 0.3) is 11.1 Å². The van der Waals surface area contributed by atoms with Gasteiger partial charge in [0.2, 0.25) is 0 Å². The second-order valence-corrected chi connectivity index (χ2v) is 6.00. The molecule has 2 nitrogen and oxygen atoms in total. The Bertz CT molecular complexity index is 778. The highest BCUT2D eigenvalue weighted by Gasteiger charge is 2.49. The number of fused-ring (bicyclic) bond motifs is 1. The molecule has 0 saturated carbocycles. The molecule has 0 fully saturated rings. The van der Waals surface area contributed by atoms with Crippen molar-refractivity contribution >= 4 is 11.6 Å². The van der Waals surface area contributed by atoms with Gasteiger partial charge in [-0.2, -0.15) is 0 Å². The van der Waals surface area contributed by atoms with Crippen LogP contribution in [0.3, 0.4) is 0 Å². The van der Waals surface area contributed by atoms with E-state index in [4.69, 9.17) is 11.6 Å². The van der Waals surface area contributed by atoms with Crippen molar-refractivity contribution in [2.75, 3.05) is 0 Å². The van der Waals surface area contributed by atoms with E-state index in [0.717, 1.165) is 12.1 Å². The maximum atomic E-state index is 13.7. The molecule has 2 aromatic rings. The van der Waals surface area contributed by atoms with E-state index in [1.807, 2.05) is 0 Å². The van der Waals surface area contributed by atoms with E-state index in [2.05, 4.69) is 0 Å². The number of alkyl halides is 5. The third-order valence-electron chi connectivity index (χ3n) is 3.97. The SMILES string of the molecule is OC1c2c(c(-c3cc(F)cc(Cl)c3)cn2C(F)(F)F)CCC1(F)F. The number of aromatic nitrogens is 1. The Labute approximate surface area is 137 Å². The molecule has 1 N–H and O–H groups in total. The first-order valence-electron chi connectivity index (χ1n) is 6.84. The van der Waals surface area contributed by atoms with Crippen LogP contribution < -0.4 is 0 Å². The zero-order valence-electron chi connectivity index (χ0n) is 11.8. The molecule has 0 saturated heterocycles. The molecular formula is C15H10ClF6NO. The number of rotatable bonds is 1. The summed E-state index contributed by atoms with van der Waals surface area (Å²) >= 11 is 5.72. The Morgan fingerprint density at radius 3 is 2.46 bits per heavy atom. The molecule has 9 heteroatoms. The van der Waals surface area contributed by atoms with Gasteiger partial charge in [0.05, 0.1) is 5.69 Å². The molecule has 0 bridgehead atoms. The number of halogens is 7. The highest BCUT2D eigenvalue weighted by atomic mass is 35.5. The number of benzene rings is 1. The van der Waals surface area contributed by atoms with Crippen molar-refractivity contribution in [3.8, 4) is 11.1 Å². The summed E-state index contributed by atoms with van der Waals surface area (Å²) in [5.41, 5.74) is -1.07. The first-order chi connectivity index (χ1) is 11.0. The summed E-state index contributed by atoms with van der Waals surface area (Å²) in [4.78, 5) is 0. The third kappa shape index (κ3) is 2.77. The Morgan fingerprint density at radius 1 is 1.21 bits per heavy atom. The summed E-state index contributed by atoms with van der Waals surface area (Å²) in [5, 5.41) is 9.69. The first-order valence-corrected chi connectivity index (χ1v) is 7.22. The molecule has 0 spiro atoms. The van der Waals surface area contributed by atoms with Gasteiger partial charge in [-0.05, 0) is 35.7 Å². The summed E-state index contributed by atoms with van der Waals surface area (Å²) in [5.74, 6) is -4.45. The number of hydrogen-bond acceptors (Lipinski definition) is 1. The van der Waals surface area contributed by atoms with Gasteiger partial charge in [0.25, 0.3) is 5.92 Å². The molecule has 0 radical (unpaired) electrons. The molecule has 3 rings (SSSR count). The topological polar surface area (TPSA) is 25.2 Å². The standard InChI is InChI=1S/C15H10ClF6NO/c16-8-3-7(4-9(17)5-8)11-6-23(15(20,21)22)12-10(11)1-2-14(18,19)13(12)24/h3-6,13,24H,1-2H2. The number of aliphatic hydroxyl groups is 1. The van der Waals surface area contributed by atoms with Crippen LogP contribution in [0.2, 0.25) is 5.02 Å². The molecule has 1 aliphatic carbocycles. The van der Waals surface area contributed by atoms with Crippen LogP contribution >= 0.6 is 11.6 Å². The fourth-order valence-corrected chi connectivity index (χ4v) is 3.14. The largest absolute Gasteiger partial charge is 0.488 e. The van der Waals surface area contributed by atoms with Crippen LogP contribution in [0.1, 0.15) is 23.8 Å². The molecule has 1 aromatic carbocycles. The lowest BCUT2D eigenvalue weighted by Crippen LogP contribution is -2.35. The first kappa shape index (κ1) is 17.2. The van der Waals surface area contributed by atoms with Gasteiger partial charge < -0.3 is 5.11 Å². The predicted molar refractivity (Wildman–Crippen MR) is 74.4 cm³/mol. The summed E-state index contributed by atoms with van der Waals surface area (Å²) in [7, 11) is 0.